The Hall–Kier alpha value is -2.42. The van der Waals surface area contributed by atoms with Gasteiger partial charge in [0.15, 0.2) is 0 Å². The molecule has 2 aliphatic rings. The van der Waals surface area contributed by atoms with Crippen molar-refractivity contribution in [2.24, 2.45) is 0 Å². The van der Waals surface area contributed by atoms with Crippen molar-refractivity contribution in [3.8, 4) is 11.3 Å². The third-order valence-electron chi connectivity index (χ3n) is 4.97. The van der Waals surface area contributed by atoms with Gasteiger partial charge in [-0.05, 0) is 38.2 Å². The molecule has 150 valence electrons. The minimum atomic E-state index is -0.223. The van der Waals surface area contributed by atoms with Crippen molar-refractivity contribution in [2.75, 3.05) is 33.2 Å². The average Bonchev–Trinajstić information content (AvgIpc) is 3.22. The largest absolute Gasteiger partial charge is 0.457 e. The molecule has 4 rings (SSSR count). The van der Waals surface area contributed by atoms with Crippen LogP contribution >= 0.6 is 24.0 Å². The van der Waals surface area contributed by atoms with Crippen molar-refractivity contribution >= 4 is 46.2 Å². The Morgan fingerprint density at radius 3 is 2.79 bits per heavy atom. The van der Waals surface area contributed by atoms with Gasteiger partial charge >= 0.3 is 0 Å². The van der Waals surface area contributed by atoms with Crippen molar-refractivity contribution in [1.82, 2.24) is 15.1 Å². The molecule has 0 atom stereocenters. The number of nitrogens with one attached hydrogen (secondary N) is 1. The molecular formula is C21H21N3O3S2. The third-order valence-corrected chi connectivity index (χ3v) is 6.13. The van der Waals surface area contributed by atoms with Crippen molar-refractivity contribution in [3.05, 3.63) is 52.6 Å². The van der Waals surface area contributed by atoms with Crippen molar-refractivity contribution in [2.45, 2.75) is 6.42 Å². The molecular weight excluding hydrogens is 406 g/mol. The number of rotatable bonds is 3. The van der Waals surface area contributed by atoms with Gasteiger partial charge in [-0.3, -0.25) is 9.59 Å². The molecule has 2 saturated heterocycles. The SMILES string of the molecule is CN1CCCN(C(=O)c2ccccc2-c2ccc(/C=C3\SC(=S)NC3=O)o2)CC1. The summed E-state index contributed by atoms with van der Waals surface area (Å²) in [5, 5.41) is 2.59. The highest BCUT2D eigenvalue weighted by Gasteiger charge is 2.24. The van der Waals surface area contributed by atoms with Gasteiger partial charge in [0.05, 0.1) is 10.5 Å². The first-order chi connectivity index (χ1) is 14.0. The summed E-state index contributed by atoms with van der Waals surface area (Å²) in [6.45, 7) is 3.33. The maximum absolute atomic E-state index is 13.2. The third kappa shape index (κ3) is 4.44. The second-order valence-corrected chi connectivity index (χ2v) is 8.77. The minimum absolute atomic E-state index is 0.0169. The number of hydrogen-bond donors (Lipinski definition) is 1. The number of furan rings is 1. The van der Waals surface area contributed by atoms with Crippen LogP contribution in [0.25, 0.3) is 17.4 Å². The molecule has 0 saturated carbocycles. The molecule has 6 nitrogen and oxygen atoms in total. The van der Waals surface area contributed by atoms with Crippen LogP contribution < -0.4 is 5.32 Å². The summed E-state index contributed by atoms with van der Waals surface area (Å²) in [5.41, 5.74) is 1.37. The van der Waals surface area contributed by atoms with E-state index >= 15 is 0 Å². The Morgan fingerprint density at radius 1 is 1.17 bits per heavy atom. The fourth-order valence-electron chi connectivity index (χ4n) is 3.43. The molecule has 2 amide bonds. The van der Waals surface area contributed by atoms with Crippen LogP contribution in [0, 0.1) is 0 Å². The maximum Gasteiger partial charge on any atom is 0.263 e. The van der Waals surface area contributed by atoms with Crippen LogP contribution in [0.1, 0.15) is 22.5 Å². The highest BCUT2D eigenvalue weighted by Crippen LogP contribution is 2.30. The lowest BCUT2D eigenvalue weighted by Gasteiger charge is -2.21. The summed E-state index contributed by atoms with van der Waals surface area (Å²) >= 11 is 6.22. The lowest BCUT2D eigenvalue weighted by molar-refractivity contribution is -0.115. The normalized spacial score (nSPS) is 19.5. The zero-order valence-electron chi connectivity index (χ0n) is 16.0. The van der Waals surface area contributed by atoms with Gasteiger partial charge in [0.1, 0.15) is 15.8 Å². The van der Waals surface area contributed by atoms with Crippen LogP contribution in [0.5, 0.6) is 0 Å². The lowest BCUT2D eigenvalue weighted by atomic mass is 10.0. The van der Waals surface area contributed by atoms with Crippen LogP contribution in [0.2, 0.25) is 0 Å². The zero-order chi connectivity index (χ0) is 20.4. The summed E-state index contributed by atoms with van der Waals surface area (Å²) in [6.07, 6.45) is 2.63. The molecule has 29 heavy (non-hydrogen) atoms. The Labute approximate surface area is 178 Å². The van der Waals surface area contributed by atoms with Crippen LogP contribution in [-0.4, -0.2) is 59.2 Å². The molecule has 0 spiro atoms. The minimum Gasteiger partial charge on any atom is -0.457 e. The Kier molecular flexibility index (Phi) is 5.84. The van der Waals surface area contributed by atoms with Crippen molar-refractivity contribution in [3.63, 3.8) is 0 Å². The molecule has 3 heterocycles. The number of nitrogens with zero attached hydrogens (tertiary/aromatic N) is 2. The van der Waals surface area contributed by atoms with Gasteiger partial charge in [-0.15, -0.1) is 0 Å². The van der Waals surface area contributed by atoms with Gasteiger partial charge in [-0.1, -0.05) is 42.2 Å². The summed E-state index contributed by atoms with van der Waals surface area (Å²) in [4.78, 5) is 29.7. The fraction of sp³-hybridized carbons (Fsp3) is 0.286. The predicted octanol–water partition coefficient (Wildman–Crippen LogP) is 3.21. The number of thioether (sulfide) groups is 1. The molecule has 0 radical (unpaired) electrons. The van der Waals surface area contributed by atoms with E-state index in [9.17, 15) is 9.59 Å². The maximum atomic E-state index is 13.2. The molecule has 0 bridgehead atoms. The number of hydrogen-bond acceptors (Lipinski definition) is 6. The highest BCUT2D eigenvalue weighted by atomic mass is 32.2. The number of amides is 2. The first kappa shape index (κ1) is 19.9. The van der Waals surface area contributed by atoms with Crippen LogP contribution in [0.15, 0.2) is 45.7 Å². The first-order valence-electron chi connectivity index (χ1n) is 9.43. The van der Waals surface area contributed by atoms with Crippen molar-refractivity contribution < 1.29 is 14.0 Å². The van der Waals surface area contributed by atoms with E-state index in [1.54, 1.807) is 12.1 Å². The smallest absolute Gasteiger partial charge is 0.263 e. The molecule has 8 heteroatoms. The second-order valence-electron chi connectivity index (χ2n) is 7.05. The van der Waals surface area contributed by atoms with E-state index in [4.69, 9.17) is 16.6 Å². The molecule has 2 fully saturated rings. The predicted molar refractivity (Wildman–Crippen MR) is 118 cm³/mol. The monoisotopic (exact) mass is 427 g/mol. The number of carbonyl (C=O) groups is 2. The molecule has 1 aromatic heterocycles. The Bertz CT molecular complexity index is 999. The second kappa shape index (κ2) is 8.52. The number of likely N-dealkylation sites (N-methyl/N-ethyl adjacent to an activating group) is 1. The number of carbonyl (C=O) groups excluding carboxylic acids is 2. The zero-order valence-corrected chi connectivity index (χ0v) is 17.6. The van der Waals surface area contributed by atoms with E-state index in [1.165, 1.54) is 11.8 Å². The van der Waals surface area contributed by atoms with E-state index in [-0.39, 0.29) is 11.8 Å². The molecule has 2 aromatic rings. The molecule has 2 aliphatic heterocycles. The summed E-state index contributed by atoms with van der Waals surface area (Å²) in [6, 6.07) is 11.1. The van der Waals surface area contributed by atoms with E-state index in [0.29, 0.717) is 32.9 Å². The Morgan fingerprint density at radius 2 is 2.00 bits per heavy atom. The van der Waals surface area contributed by atoms with E-state index in [1.807, 2.05) is 35.2 Å². The van der Waals surface area contributed by atoms with E-state index in [2.05, 4.69) is 17.3 Å². The van der Waals surface area contributed by atoms with E-state index < -0.39 is 0 Å². The molecule has 1 aromatic carbocycles. The number of thiocarbonyl (C=S) groups is 1. The van der Waals surface area contributed by atoms with Crippen LogP contribution in [0.3, 0.4) is 0 Å². The summed E-state index contributed by atoms with van der Waals surface area (Å²) in [7, 11) is 2.08. The van der Waals surface area contributed by atoms with Gasteiger partial charge in [-0.2, -0.15) is 0 Å². The highest BCUT2D eigenvalue weighted by molar-refractivity contribution is 8.26. The van der Waals surface area contributed by atoms with Gasteiger partial charge in [-0.25, -0.2) is 0 Å². The molecule has 0 aliphatic carbocycles. The van der Waals surface area contributed by atoms with Gasteiger partial charge in [0, 0.05) is 31.3 Å². The van der Waals surface area contributed by atoms with Gasteiger partial charge in [0.2, 0.25) is 0 Å². The quantitative estimate of drug-likeness (QED) is 0.599. The van der Waals surface area contributed by atoms with Crippen molar-refractivity contribution in [1.29, 1.82) is 0 Å². The van der Waals surface area contributed by atoms with Gasteiger partial charge < -0.3 is 19.5 Å². The van der Waals surface area contributed by atoms with Crippen LogP contribution in [0.4, 0.5) is 0 Å². The Balaban J connectivity index is 1.60. The topological polar surface area (TPSA) is 65.8 Å². The average molecular weight is 428 g/mol. The molecule has 1 N–H and O–H groups in total. The molecule has 0 unspecified atom stereocenters. The summed E-state index contributed by atoms with van der Waals surface area (Å²) in [5.74, 6) is 0.933. The summed E-state index contributed by atoms with van der Waals surface area (Å²) < 4.78 is 6.38. The van der Waals surface area contributed by atoms with Crippen LogP contribution in [-0.2, 0) is 4.79 Å². The van der Waals surface area contributed by atoms with Gasteiger partial charge in [0.25, 0.3) is 11.8 Å². The number of benzene rings is 1. The standard InChI is InChI=1S/C21H21N3O3S2/c1-23-9-4-10-24(12-11-23)20(26)16-6-3-2-5-15(16)17-8-7-14(27-17)13-18-19(25)22-21(28)29-18/h2-3,5-8,13H,4,9-12H2,1H3,(H,22,25,28)/b18-13-. The first-order valence-corrected chi connectivity index (χ1v) is 10.7. The van der Waals surface area contributed by atoms with E-state index in [0.717, 1.165) is 31.6 Å². The fourth-order valence-corrected chi connectivity index (χ4v) is 4.45. The lowest BCUT2D eigenvalue weighted by Crippen LogP contribution is -2.34.